The molecule has 3 N–H and O–H groups in total. The van der Waals surface area contributed by atoms with Gasteiger partial charge in [0.25, 0.3) is 0 Å². The highest BCUT2D eigenvalue weighted by atomic mass is 35.5. The number of hydrogen-bond donors (Lipinski definition) is 1. The smallest absolute Gasteiger partial charge is 0.281 e. The average molecular weight is 175 g/mol. The van der Waals surface area contributed by atoms with Crippen molar-refractivity contribution in [3.63, 3.8) is 0 Å². The van der Waals surface area contributed by atoms with E-state index in [0.717, 1.165) is 0 Å². The third kappa shape index (κ3) is 1.56. The largest absolute Gasteiger partial charge is 0.358 e. The second-order valence-corrected chi connectivity index (χ2v) is 2.31. The molecule has 0 aliphatic carbocycles. The van der Waals surface area contributed by atoms with Crippen LogP contribution in [0.1, 0.15) is 0 Å². The Morgan fingerprint density at radius 1 is 1.73 bits per heavy atom. The summed E-state index contributed by atoms with van der Waals surface area (Å²) in [4.78, 5) is 12.1. The quantitative estimate of drug-likeness (QED) is 0.501. The lowest BCUT2D eigenvalue weighted by molar-refractivity contribution is -0.409. The number of nitrogens with zero attached hydrogens (tertiary/aromatic N) is 1. The predicted molar refractivity (Wildman–Crippen MR) is 39.1 cm³/mol. The number of halogens is 1. The molecule has 58 valence electrons. The van der Waals surface area contributed by atoms with Crippen LogP contribution in [0.25, 0.3) is 0 Å². The maximum absolute atomic E-state index is 10.2. The van der Waals surface area contributed by atoms with E-state index in [9.17, 15) is 10.1 Å². The molecular formula is C5H5ClN3O2+. The predicted octanol–water partition coefficient (Wildman–Crippen LogP) is 0.644. The molecule has 11 heavy (non-hydrogen) atoms. The van der Waals surface area contributed by atoms with E-state index in [4.69, 9.17) is 17.3 Å². The van der Waals surface area contributed by atoms with E-state index in [0.29, 0.717) is 0 Å². The molecule has 1 rings (SSSR count). The summed E-state index contributed by atoms with van der Waals surface area (Å²) >= 11 is 5.47. The Labute approximate surface area is 66.9 Å². The van der Waals surface area contributed by atoms with Crippen LogP contribution in [0.5, 0.6) is 0 Å². The van der Waals surface area contributed by atoms with Crippen molar-refractivity contribution in [2.24, 2.45) is 0 Å². The van der Waals surface area contributed by atoms with Gasteiger partial charge in [-0.3, -0.25) is 15.8 Å². The molecule has 0 unspecified atom stereocenters. The van der Waals surface area contributed by atoms with Crippen molar-refractivity contribution >= 4 is 23.1 Å². The summed E-state index contributed by atoms with van der Waals surface area (Å²) in [7, 11) is 0. The minimum atomic E-state index is -0.599. The Bertz CT molecular complexity index is 302. The fraction of sp³-hybridized carbons (Fsp3) is 0. The summed E-state index contributed by atoms with van der Waals surface area (Å²) in [6.07, 6.45) is 1.38. The van der Waals surface area contributed by atoms with Gasteiger partial charge in [-0.05, 0) is 0 Å². The lowest BCUT2D eigenvalue weighted by Crippen LogP contribution is -2.11. The first-order valence-electron chi connectivity index (χ1n) is 2.72. The molecule has 0 bridgehead atoms. The van der Waals surface area contributed by atoms with Crippen LogP contribution < -0.4 is 10.7 Å². The summed E-state index contributed by atoms with van der Waals surface area (Å²) in [6, 6.07) is 1.19. The van der Waals surface area contributed by atoms with Gasteiger partial charge in [0.2, 0.25) is 0 Å². The van der Waals surface area contributed by atoms with Crippen LogP contribution in [-0.4, -0.2) is 4.92 Å². The van der Waals surface area contributed by atoms with Crippen LogP contribution in [-0.2, 0) is 0 Å². The molecule has 0 radical (unpaired) electrons. The molecule has 0 saturated carbocycles. The van der Waals surface area contributed by atoms with Gasteiger partial charge in [0.05, 0.1) is 9.95 Å². The normalized spacial score (nSPS) is 9.55. The van der Waals surface area contributed by atoms with Crippen LogP contribution in [0.4, 0.5) is 11.5 Å². The summed E-state index contributed by atoms with van der Waals surface area (Å²) in [5, 5.41) is 10.5. The minimum Gasteiger partial charge on any atom is -0.281 e. The zero-order chi connectivity index (χ0) is 8.43. The van der Waals surface area contributed by atoms with Crippen LogP contribution in [0.2, 0.25) is 5.02 Å². The molecule has 1 aromatic heterocycles. The van der Waals surface area contributed by atoms with Crippen LogP contribution >= 0.6 is 11.6 Å². The highest BCUT2D eigenvalue weighted by Gasteiger charge is 2.16. The maximum Gasteiger partial charge on any atom is 0.358 e. The number of nitro groups is 1. The Balaban J connectivity index is 3.23. The molecule has 0 saturated heterocycles. The van der Waals surface area contributed by atoms with Gasteiger partial charge < -0.3 is 0 Å². The Hall–Kier alpha value is -1.36. The third-order valence-electron chi connectivity index (χ3n) is 1.11. The van der Waals surface area contributed by atoms with Crippen molar-refractivity contribution in [2.45, 2.75) is 0 Å². The van der Waals surface area contributed by atoms with Gasteiger partial charge in [-0.25, -0.2) is 4.98 Å². The van der Waals surface area contributed by atoms with E-state index in [-0.39, 0.29) is 16.5 Å². The molecule has 0 aliphatic heterocycles. The molecular weight excluding hydrogens is 170 g/mol. The number of aromatic amines is 1. The van der Waals surface area contributed by atoms with Crippen molar-refractivity contribution in [3.05, 3.63) is 27.4 Å². The summed E-state index contributed by atoms with van der Waals surface area (Å²) < 4.78 is 0. The SMILES string of the molecule is Nc1[nH+]cc(Cl)cc1[N+](=O)[O-]. The molecule has 0 spiro atoms. The van der Waals surface area contributed by atoms with Crippen molar-refractivity contribution < 1.29 is 9.91 Å². The van der Waals surface area contributed by atoms with E-state index in [1.807, 2.05) is 0 Å². The minimum absolute atomic E-state index is 0.000556. The number of nitrogens with one attached hydrogen (secondary N) is 1. The van der Waals surface area contributed by atoms with Crippen molar-refractivity contribution in [1.29, 1.82) is 0 Å². The zero-order valence-electron chi connectivity index (χ0n) is 5.37. The number of nitrogens with two attached hydrogens (primary N) is 1. The highest BCUT2D eigenvalue weighted by molar-refractivity contribution is 6.30. The Morgan fingerprint density at radius 2 is 2.36 bits per heavy atom. The highest BCUT2D eigenvalue weighted by Crippen LogP contribution is 2.19. The first kappa shape index (κ1) is 7.74. The fourth-order valence-electron chi connectivity index (χ4n) is 0.622. The number of anilines is 1. The van der Waals surface area contributed by atoms with Crippen LogP contribution in [0.15, 0.2) is 12.3 Å². The van der Waals surface area contributed by atoms with Crippen molar-refractivity contribution in [1.82, 2.24) is 0 Å². The van der Waals surface area contributed by atoms with E-state index in [2.05, 4.69) is 4.98 Å². The molecule has 1 aromatic rings. The van der Waals surface area contributed by atoms with Crippen molar-refractivity contribution in [2.75, 3.05) is 5.73 Å². The lowest BCUT2D eigenvalue weighted by Gasteiger charge is -1.90. The number of rotatable bonds is 1. The fourth-order valence-corrected chi connectivity index (χ4v) is 0.780. The molecule has 5 nitrogen and oxygen atoms in total. The second-order valence-electron chi connectivity index (χ2n) is 1.87. The van der Waals surface area contributed by atoms with Gasteiger partial charge in [-0.15, -0.1) is 0 Å². The number of pyridine rings is 1. The standard InChI is InChI=1S/C5H4ClN3O2/c6-3-1-4(9(10)11)5(7)8-2-3/h1-2H,(H2,7,8)/p+1. The molecule has 1 heterocycles. The van der Waals surface area contributed by atoms with Crippen molar-refractivity contribution in [3.8, 4) is 0 Å². The number of hydrogen-bond acceptors (Lipinski definition) is 3. The van der Waals surface area contributed by atoms with Gasteiger partial charge in [-0.1, -0.05) is 11.6 Å². The van der Waals surface area contributed by atoms with E-state index < -0.39 is 4.92 Å². The van der Waals surface area contributed by atoms with Gasteiger partial charge in [0.15, 0.2) is 0 Å². The summed E-state index contributed by atoms with van der Waals surface area (Å²) in [5.41, 5.74) is 5.02. The number of H-pyrrole nitrogens is 1. The molecule has 0 amide bonds. The van der Waals surface area contributed by atoms with E-state index >= 15 is 0 Å². The van der Waals surface area contributed by atoms with Crippen LogP contribution in [0, 0.1) is 10.1 Å². The lowest BCUT2D eigenvalue weighted by atomic mass is 10.4. The van der Waals surface area contributed by atoms with E-state index in [1.54, 1.807) is 0 Å². The van der Waals surface area contributed by atoms with Crippen LogP contribution in [0.3, 0.4) is 0 Å². The van der Waals surface area contributed by atoms with E-state index in [1.165, 1.54) is 12.3 Å². The summed E-state index contributed by atoms with van der Waals surface area (Å²) in [5.74, 6) is -0.000556. The molecule has 0 aromatic carbocycles. The molecule has 6 heteroatoms. The topological polar surface area (TPSA) is 83.3 Å². The Morgan fingerprint density at radius 3 is 2.82 bits per heavy atom. The monoisotopic (exact) mass is 174 g/mol. The first-order chi connectivity index (χ1) is 5.11. The van der Waals surface area contributed by atoms with Gasteiger partial charge >= 0.3 is 11.5 Å². The molecule has 0 fully saturated rings. The summed E-state index contributed by atoms with van der Waals surface area (Å²) in [6.45, 7) is 0. The number of aromatic nitrogens is 1. The Kier molecular flexibility index (Phi) is 1.91. The first-order valence-corrected chi connectivity index (χ1v) is 3.10. The zero-order valence-corrected chi connectivity index (χ0v) is 6.13. The van der Waals surface area contributed by atoms with Gasteiger partial charge in [0, 0.05) is 6.07 Å². The van der Waals surface area contributed by atoms with Gasteiger partial charge in [-0.2, -0.15) is 0 Å². The van der Waals surface area contributed by atoms with Gasteiger partial charge in [0.1, 0.15) is 6.20 Å². The maximum atomic E-state index is 10.2. The second kappa shape index (κ2) is 2.71. The average Bonchev–Trinajstić information content (AvgIpc) is 1.94. The third-order valence-corrected chi connectivity index (χ3v) is 1.33. The molecule has 0 atom stereocenters. The molecule has 0 aliphatic rings. The number of nitrogen functional groups attached to an aromatic ring is 1.